The van der Waals surface area contributed by atoms with Gasteiger partial charge < -0.3 is 25.5 Å². The van der Waals surface area contributed by atoms with Crippen molar-refractivity contribution in [2.24, 2.45) is 5.92 Å². The Morgan fingerprint density at radius 1 is 1.37 bits per heavy atom. The molecule has 0 radical (unpaired) electrons. The third-order valence-electron chi connectivity index (χ3n) is 3.30. The molecule has 8 heteroatoms. The predicted molar refractivity (Wildman–Crippen MR) is 63.6 cm³/mol. The molecular weight excluding hydrogens is 256 g/mol. The Kier molecular flexibility index (Phi) is 5.11. The molecule has 1 heterocycles. The number of likely N-dealkylation sites (tertiary alicyclic amines) is 1. The summed E-state index contributed by atoms with van der Waals surface area (Å²) in [5, 5.41) is 28.8. The van der Waals surface area contributed by atoms with Crippen molar-refractivity contribution in [1.29, 1.82) is 0 Å². The second-order valence-corrected chi connectivity index (χ2v) is 4.65. The van der Waals surface area contributed by atoms with E-state index in [1.165, 1.54) is 4.90 Å². The first-order valence-electron chi connectivity index (χ1n) is 5.99. The molecule has 2 unspecified atom stereocenters. The van der Waals surface area contributed by atoms with Crippen LogP contribution in [0.25, 0.3) is 0 Å². The van der Waals surface area contributed by atoms with Crippen LogP contribution in [0.1, 0.15) is 19.8 Å². The summed E-state index contributed by atoms with van der Waals surface area (Å²) in [6, 6.07) is -2.49. The molecule has 8 nitrogen and oxygen atoms in total. The number of hydrogen-bond donors (Lipinski definition) is 4. The Labute approximate surface area is 110 Å². The van der Waals surface area contributed by atoms with E-state index in [-0.39, 0.29) is 18.6 Å². The molecule has 0 aromatic rings. The number of carbonyl (C=O) groups excluding carboxylic acids is 1. The van der Waals surface area contributed by atoms with Crippen LogP contribution in [0.15, 0.2) is 0 Å². The number of aliphatic carboxylic acids is 2. The number of aliphatic hydroxyl groups excluding tert-OH is 1. The topological polar surface area (TPSA) is 127 Å². The largest absolute Gasteiger partial charge is 0.481 e. The van der Waals surface area contributed by atoms with E-state index >= 15 is 0 Å². The van der Waals surface area contributed by atoms with Crippen molar-refractivity contribution in [3.63, 3.8) is 0 Å². The number of nitrogens with one attached hydrogen (secondary N) is 1. The highest BCUT2D eigenvalue weighted by Crippen LogP contribution is 2.23. The van der Waals surface area contributed by atoms with Crippen molar-refractivity contribution < 1.29 is 29.7 Å². The summed E-state index contributed by atoms with van der Waals surface area (Å²) in [4.78, 5) is 34.6. The van der Waals surface area contributed by atoms with Crippen molar-refractivity contribution in [3.05, 3.63) is 0 Å². The van der Waals surface area contributed by atoms with Gasteiger partial charge in [0, 0.05) is 6.54 Å². The lowest BCUT2D eigenvalue weighted by molar-refractivity contribution is -0.145. The van der Waals surface area contributed by atoms with Crippen LogP contribution < -0.4 is 5.32 Å². The summed E-state index contributed by atoms with van der Waals surface area (Å²) in [6.07, 6.45) is 0.0313. The quantitative estimate of drug-likeness (QED) is 0.526. The van der Waals surface area contributed by atoms with Gasteiger partial charge in [-0.15, -0.1) is 0 Å². The van der Waals surface area contributed by atoms with Gasteiger partial charge >= 0.3 is 18.0 Å². The first-order chi connectivity index (χ1) is 8.86. The highest BCUT2D eigenvalue weighted by Gasteiger charge is 2.35. The van der Waals surface area contributed by atoms with Crippen LogP contribution in [0.2, 0.25) is 0 Å². The highest BCUT2D eigenvalue weighted by molar-refractivity contribution is 5.86. The number of nitrogens with zero attached hydrogens (tertiary/aromatic N) is 1. The monoisotopic (exact) mass is 274 g/mol. The fourth-order valence-corrected chi connectivity index (χ4v) is 2.15. The summed E-state index contributed by atoms with van der Waals surface area (Å²) in [5.41, 5.74) is 0. The predicted octanol–water partition coefficient (Wildman–Crippen LogP) is -0.673. The van der Waals surface area contributed by atoms with E-state index < -0.39 is 30.4 Å². The van der Waals surface area contributed by atoms with Gasteiger partial charge in [-0.1, -0.05) is 6.92 Å². The van der Waals surface area contributed by atoms with E-state index in [0.717, 1.165) is 6.42 Å². The molecule has 3 atom stereocenters. The Hall–Kier alpha value is -1.83. The molecule has 1 aliphatic rings. The SMILES string of the molecule is CC1CCN(C(=O)N[C@H](CC(=O)O)C(=O)O)C1CO. The Bertz CT molecular complexity index is 372. The smallest absolute Gasteiger partial charge is 0.326 e. The van der Waals surface area contributed by atoms with Crippen LogP contribution in [-0.2, 0) is 9.59 Å². The average molecular weight is 274 g/mol. The van der Waals surface area contributed by atoms with Gasteiger partial charge in [-0.3, -0.25) is 4.79 Å². The molecule has 1 rings (SSSR count). The van der Waals surface area contributed by atoms with E-state index in [4.69, 9.17) is 10.2 Å². The van der Waals surface area contributed by atoms with Crippen molar-refractivity contribution in [1.82, 2.24) is 10.2 Å². The maximum atomic E-state index is 11.9. The van der Waals surface area contributed by atoms with Crippen molar-refractivity contribution >= 4 is 18.0 Å². The number of urea groups is 1. The molecule has 0 saturated carbocycles. The van der Waals surface area contributed by atoms with Gasteiger partial charge in [-0.05, 0) is 12.3 Å². The summed E-state index contributed by atoms with van der Waals surface area (Å²) in [7, 11) is 0. The summed E-state index contributed by atoms with van der Waals surface area (Å²) >= 11 is 0. The average Bonchev–Trinajstić information content (AvgIpc) is 2.68. The third-order valence-corrected chi connectivity index (χ3v) is 3.30. The Balaban J connectivity index is 2.66. The van der Waals surface area contributed by atoms with Crippen molar-refractivity contribution in [3.8, 4) is 0 Å². The maximum Gasteiger partial charge on any atom is 0.326 e. The zero-order valence-corrected chi connectivity index (χ0v) is 10.6. The van der Waals surface area contributed by atoms with Crippen molar-refractivity contribution in [2.75, 3.05) is 13.2 Å². The van der Waals surface area contributed by atoms with Gasteiger partial charge in [0.2, 0.25) is 0 Å². The van der Waals surface area contributed by atoms with E-state index in [0.29, 0.717) is 6.54 Å². The minimum Gasteiger partial charge on any atom is -0.481 e. The molecule has 2 amide bonds. The molecule has 108 valence electrons. The van der Waals surface area contributed by atoms with E-state index in [1.807, 2.05) is 6.92 Å². The molecule has 4 N–H and O–H groups in total. The number of carbonyl (C=O) groups is 3. The Morgan fingerprint density at radius 2 is 2.00 bits per heavy atom. The number of carboxylic acid groups (broad SMARTS) is 2. The third kappa shape index (κ3) is 3.82. The lowest BCUT2D eigenvalue weighted by atomic mass is 10.0. The van der Waals surface area contributed by atoms with Gasteiger partial charge in [-0.25, -0.2) is 9.59 Å². The van der Waals surface area contributed by atoms with E-state index in [9.17, 15) is 19.5 Å². The minimum atomic E-state index is -1.47. The Morgan fingerprint density at radius 3 is 2.47 bits per heavy atom. The lowest BCUT2D eigenvalue weighted by Crippen LogP contribution is -2.51. The molecule has 0 aliphatic carbocycles. The number of rotatable bonds is 5. The maximum absolute atomic E-state index is 11.9. The lowest BCUT2D eigenvalue weighted by Gasteiger charge is -2.26. The molecule has 1 saturated heterocycles. The van der Waals surface area contributed by atoms with Crippen LogP contribution in [0.4, 0.5) is 4.79 Å². The molecule has 0 bridgehead atoms. The van der Waals surface area contributed by atoms with Gasteiger partial charge in [0.05, 0.1) is 19.1 Å². The fourth-order valence-electron chi connectivity index (χ4n) is 2.15. The number of carboxylic acids is 2. The summed E-state index contributed by atoms with van der Waals surface area (Å²) in [6.45, 7) is 2.10. The van der Waals surface area contributed by atoms with Gasteiger partial charge in [0.1, 0.15) is 6.04 Å². The zero-order valence-electron chi connectivity index (χ0n) is 10.6. The van der Waals surface area contributed by atoms with E-state index in [1.54, 1.807) is 0 Å². The van der Waals surface area contributed by atoms with Gasteiger partial charge in [0.15, 0.2) is 0 Å². The highest BCUT2D eigenvalue weighted by atomic mass is 16.4. The number of amides is 2. The van der Waals surface area contributed by atoms with Gasteiger partial charge in [0.25, 0.3) is 0 Å². The summed E-state index contributed by atoms with van der Waals surface area (Å²) < 4.78 is 0. The summed E-state index contributed by atoms with van der Waals surface area (Å²) in [5.74, 6) is -2.58. The molecule has 19 heavy (non-hydrogen) atoms. The molecule has 0 spiro atoms. The molecule has 1 aliphatic heterocycles. The second-order valence-electron chi connectivity index (χ2n) is 4.65. The molecule has 0 aromatic carbocycles. The zero-order chi connectivity index (χ0) is 14.6. The number of hydrogen-bond acceptors (Lipinski definition) is 4. The van der Waals surface area contributed by atoms with Crippen LogP contribution in [0.5, 0.6) is 0 Å². The van der Waals surface area contributed by atoms with Gasteiger partial charge in [-0.2, -0.15) is 0 Å². The van der Waals surface area contributed by atoms with Crippen LogP contribution in [-0.4, -0.2) is 63.4 Å². The van der Waals surface area contributed by atoms with Crippen LogP contribution >= 0.6 is 0 Å². The van der Waals surface area contributed by atoms with E-state index in [2.05, 4.69) is 5.32 Å². The van der Waals surface area contributed by atoms with Crippen LogP contribution in [0, 0.1) is 5.92 Å². The normalized spacial score (nSPS) is 24.0. The van der Waals surface area contributed by atoms with Crippen LogP contribution in [0.3, 0.4) is 0 Å². The number of aliphatic hydroxyl groups is 1. The van der Waals surface area contributed by atoms with Crippen molar-refractivity contribution in [2.45, 2.75) is 31.8 Å². The second kappa shape index (κ2) is 6.37. The first kappa shape index (κ1) is 15.2. The standard InChI is InChI=1S/C11H18N2O6/c1-6-2-3-13(8(6)5-14)11(19)12-7(10(17)18)4-9(15)16/h6-8,14H,2-5H2,1H3,(H,12,19)(H,15,16)(H,17,18)/t6?,7-,8?/m1/s1. The minimum absolute atomic E-state index is 0.124. The molecular formula is C11H18N2O6. The molecule has 0 aromatic heterocycles. The fraction of sp³-hybridized carbons (Fsp3) is 0.727. The molecule has 1 fully saturated rings. The first-order valence-corrected chi connectivity index (χ1v) is 5.99.